The Morgan fingerprint density at radius 2 is 0.607 bits per heavy atom. The van der Waals surface area contributed by atoms with Gasteiger partial charge >= 0.3 is 43.7 Å². The second kappa shape index (κ2) is 62.8. The number of hydrogen-bond acceptors (Lipinski definition) is 25. The molecule has 1 aromatic rings. The van der Waals surface area contributed by atoms with Crippen LogP contribution in [0.5, 0.6) is 0 Å². The van der Waals surface area contributed by atoms with Crippen LogP contribution in [0.1, 0.15) is 185 Å². The van der Waals surface area contributed by atoms with Gasteiger partial charge in [-0.1, -0.05) is 131 Å². The molecule has 3 aliphatic rings. The molecule has 3 saturated heterocycles. The minimum absolute atomic E-state index is 0.182. The van der Waals surface area contributed by atoms with Crippen molar-refractivity contribution in [2.45, 2.75) is 223 Å². The van der Waals surface area contributed by atoms with Crippen molar-refractivity contribution < 1.29 is 117 Å². The van der Waals surface area contributed by atoms with Crippen molar-refractivity contribution in [3.8, 4) is 0 Å². The van der Waals surface area contributed by atoms with E-state index in [1.54, 1.807) is 0 Å². The third-order valence-corrected chi connectivity index (χ3v) is 24.2. The number of ether oxygens (including phenoxy) is 13. The maximum absolute atomic E-state index is 11.5. The Morgan fingerprint density at radius 1 is 0.339 bits per heavy atom. The lowest BCUT2D eigenvalue weighted by Gasteiger charge is -2.43. The smallest absolute Gasteiger partial charge is 0.332 e. The number of unbranched alkanes of at least 4 members (excludes halogenated alkanes) is 9. The maximum Gasteiger partial charge on any atom is 0.332 e. The Hall–Kier alpha value is -3.37. The van der Waals surface area contributed by atoms with Crippen LogP contribution in [0, 0.1) is 78.4 Å². The number of hydrogen-bond donors (Lipinski definition) is 0. The van der Waals surface area contributed by atoms with Crippen LogP contribution in [0.3, 0.4) is 0 Å². The summed E-state index contributed by atoms with van der Waals surface area (Å²) in [5.74, 6) is 1.33. The van der Waals surface area contributed by atoms with E-state index >= 15 is 0 Å². The van der Waals surface area contributed by atoms with Crippen molar-refractivity contribution in [1.82, 2.24) is 0 Å². The highest BCUT2D eigenvalue weighted by atomic mass is 31.2. The average Bonchev–Trinajstić information content (AvgIpc) is 0.829. The molecule has 9 unspecified atom stereocenters. The Balaban J connectivity index is 1.31. The number of carbonyl (C=O) groups is 3. The third kappa shape index (κ3) is 43.9. The molecule has 0 aliphatic carbocycles. The van der Waals surface area contributed by atoms with Gasteiger partial charge in [-0.25, -0.2) is 19.7 Å². The van der Waals surface area contributed by atoms with Crippen LogP contribution in [0.15, 0.2) is 30.3 Å². The molecule has 0 N–H and O–H groups in total. The third-order valence-electron chi connectivity index (χ3n) is 20.7. The quantitative estimate of drug-likeness (QED) is 0.0193. The Morgan fingerprint density at radius 3 is 0.893 bits per heavy atom. The molecule has 112 heavy (non-hydrogen) atoms. The molecule has 0 bridgehead atoms. The summed E-state index contributed by atoms with van der Waals surface area (Å²) in [6.07, 6.45) is 10.2. The van der Waals surface area contributed by atoms with Gasteiger partial charge in [-0.05, 0) is 98.9 Å². The molecule has 3 aliphatic heterocycles. The summed E-state index contributed by atoms with van der Waals surface area (Å²) in [5, 5.41) is 0. The van der Waals surface area contributed by atoms with Crippen molar-refractivity contribution in [1.29, 1.82) is 0 Å². The molecule has 28 nitrogen and oxygen atoms in total. The van der Waals surface area contributed by atoms with Gasteiger partial charge in [0, 0.05) is 78.2 Å². The number of nitrogens with zero attached hydrogens (tertiary/aromatic N) is 3. The molecule has 0 aromatic heterocycles. The summed E-state index contributed by atoms with van der Waals surface area (Å²) in [6.45, 7) is 53.3. The summed E-state index contributed by atoms with van der Waals surface area (Å²) < 4.78 is 134. The fourth-order valence-electron chi connectivity index (χ4n) is 12.7. The van der Waals surface area contributed by atoms with Gasteiger partial charge in [0.2, 0.25) is 19.6 Å². The molecular weight excluding hydrogens is 1510 g/mol. The largest absolute Gasteiger partial charge is 0.463 e. The van der Waals surface area contributed by atoms with Crippen LogP contribution in [0.25, 0.3) is 14.5 Å². The lowest BCUT2D eigenvalue weighted by atomic mass is 9.79. The molecule has 31 heteroatoms. The first-order valence-electron chi connectivity index (χ1n) is 40.8. The molecule has 0 spiro atoms. The molecular formula is C81H138N3O25P3. The second-order valence-electron chi connectivity index (χ2n) is 29.6. The predicted molar refractivity (Wildman–Crippen MR) is 425 cm³/mol. The first kappa shape index (κ1) is 101. The molecule has 0 saturated carbocycles. The fraction of sp³-hybridized carbons (Fsp3) is 0.852. The summed E-state index contributed by atoms with van der Waals surface area (Å²) in [5.41, 5.74) is 0.225. The van der Waals surface area contributed by atoms with Crippen LogP contribution in [0.2, 0.25) is 0 Å². The predicted octanol–water partition coefficient (Wildman–Crippen LogP) is 16.3. The van der Waals surface area contributed by atoms with Crippen LogP contribution in [-0.2, 0) is 123 Å². The molecule has 3 heterocycles. The first-order chi connectivity index (χ1) is 54.2. The van der Waals surface area contributed by atoms with E-state index in [2.05, 4.69) is 76.8 Å². The van der Waals surface area contributed by atoms with Gasteiger partial charge in [0.25, 0.3) is 0 Å². The van der Waals surface area contributed by atoms with Crippen molar-refractivity contribution in [3.05, 3.63) is 70.1 Å². The highest BCUT2D eigenvalue weighted by Gasteiger charge is 2.43. The van der Waals surface area contributed by atoms with Crippen molar-refractivity contribution >= 4 is 43.7 Å². The summed E-state index contributed by atoms with van der Waals surface area (Å²) in [7, 11) is -5.15. The number of carbonyl (C=O) groups excluding carboxylic acids is 3. The molecule has 642 valence electrons. The SMILES string of the molecule is [C-]#[N+]CCOP(OCCCCCCO[C@@H]1OC(COC(C)=O)[C@H](C)[C@H](C)C1C)OCCCOCC(COCCCOP(OCCCCCCO[C@@H]1OC(COC(C)=O)[C@H](C)[C@H](C)C1C)OCC[N+]#[C-])(COCCCOP(OCCCCCCO[C@@H]1OC(COC(C)=O)[C@H](C)[C@H](C)C1C)OCC[N+]#[C-])COCc1ccccc1. The van der Waals surface area contributed by atoms with Gasteiger partial charge < -0.3 is 117 Å². The van der Waals surface area contributed by atoms with E-state index in [0.717, 1.165) is 82.6 Å². The van der Waals surface area contributed by atoms with Gasteiger partial charge in [0.15, 0.2) is 18.9 Å². The molecule has 4 rings (SSSR count). The lowest BCUT2D eigenvalue weighted by Crippen LogP contribution is -2.47. The average molecular weight is 1650 g/mol. The van der Waals surface area contributed by atoms with Gasteiger partial charge in [-0.15, -0.1) is 0 Å². The fourth-order valence-corrected chi connectivity index (χ4v) is 15.7. The van der Waals surface area contributed by atoms with E-state index in [-0.39, 0.29) is 196 Å². The molecule has 18 atom stereocenters. The van der Waals surface area contributed by atoms with E-state index in [0.29, 0.717) is 103 Å². The summed E-state index contributed by atoms with van der Waals surface area (Å²) >= 11 is 0. The highest BCUT2D eigenvalue weighted by molar-refractivity contribution is 7.42. The van der Waals surface area contributed by atoms with Crippen LogP contribution < -0.4 is 0 Å². The first-order valence-corrected chi connectivity index (χ1v) is 44.1. The van der Waals surface area contributed by atoms with Gasteiger partial charge in [-0.3, -0.25) is 14.4 Å². The number of benzene rings is 1. The standard InChI is InChI=1S/C81H138N3O25P3/c1-62-65(4)75(55-95-71(10)85)107-78(68(62)7)92-42-25-16-19-28-45-98-110(104-51-36-82-13)101-48-31-39-88-58-81(61-91-54-74-34-23-22-24-35-74,59-89-40-32-49-102-111(105-52-37-83-14)99-46-29-20-17-26-43-93-79-69(8)63(2)66(5)76(108-79)56-96-72(11)86)60-90-41-33-50-103-112(106-53-38-84-15)100-47-30-21-18-27-44-94-80-70(9)64(3)67(6)77(109-80)57-97-73(12)87/h22-24,34-35,62-70,75-80H,16-21,25-33,36-61H2,1-12H3/t62-,63-,64-,65+,66+,67+,68?,69?,70?,75?,76?,77?,78+,79+,80+,81?,110?,111?,112?/m0/s1. The minimum atomic E-state index is -1.72. The van der Waals surface area contributed by atoms with Crippen LogP contribution >= 0.6 is 25.8 Å². The lowest BCUT2D eigenvalue weighted by molar-refractivity contribution is -0.255. The number of esters is 3. The van der Waals surface area contributed by atoms with E-state index in [1.165, 1.54) is 20.8 Å². The molecule has 0 amide bonds. The van der Waals surface area contributed by atoms with Crippen molar-refractivity contribution in [2.75, 3.05) is 165 Å². The van der Waals surface area contributed by atoms with E-state index in [9.17, 15) is 14.4 Å². The van der Waals surface area contributed by atoms with Crippen LogP contribution in [-0.4, -0.2) is 220 Å². The van der Waals surface area contributed by atoms with Crippen LogP contribution in [0.4, 0.5) is 0 Å². The Labute approximate surface area is 674 Å². The van der Waals surface area contributed by atoms with E-state index in [4.69, 9.17) is 122 Å². The Kier molecular flexibility index (Phi) is 56.6. The van der Waals surface area contributed by atoms with Crippen molar-refractivity contribution in [3.63, 3.8) is 0 Å². The van der Waals surface area contributed by atoms with Gasteiger partial charge in [0.05, 0.1) is 96.4 Å². The van der Waals surface area contributed by atoms with Gasteiger partial charge in [-0.2, -0.15) is 0 Å². The molecule has 3 fully saturated rings. The molecule has 1 aromatic carbocycles. The normalized spacial score (nSPS) is 25.2. The molecule has 0 radical (unpaired) electrons. The Bertz CT molecular complexity index is 2460. The monoisotopic (exact) mass is 1650 g/mol. The summed E-state index contributed by atoms with van der Waals surface area (Å²) in [4.78, 5) is 44.9. The topological polar surface area (TPSA) is 267 Å². The maximum atomic E-state index is 11.5. The highest BCUT2D eigenvalue weighted by Crippen LogP contribution is 2.44. The summed E-state index contributed by atoms with van der Waals surface area (Å²) in [6, 6.07) is 9.94. The van der Waals surface area contributed by atoms with Gasteiger partial charge in [0.1, 0.15) is 39.6 Å². The second-order valence-corrected chi connectivity index (χ2v) is 33.3. The van der Waals surface area contributed by atoms with Crippen molar-refractivity contribution in [2.24, 2.45) is 58.7 Å². The zero-order valence-corrected chi connectivity index (χ0v) is 72.1. The zero-order chi connectivity index (χ0) is 81.4. The van der Waals surface area contributed by atoms with E-state index in [1.807, 2.05) is 30.3 Å². The van der Waals surface area contributed by atoms with E-state index < -0.39 is 31.2 Å². The minimum Gasteiger partial charge on any atom is -0.463 e. The number of rotatable bonds is 67. The zero-order valence-electron chi connectivity index (χ0n) is 69.4.